The number of nitrogens with zero attached hydrogens (tertiary/aromatic N) is 1. The van der Waals surface area contributed by atoms with E-state index in [1.54, 1.807) is 12.1 Å². The molecule has 2 saturated heterocycles. The molecule has 0 saturated carbocycles. The average Bonchev–Trinajstić information content (AvgIpc) is 2.97. The van der Waals surface area contributed by atoms with Crippen LogP contribution in [-0.4, -0.2) is 36.3 Å². The van der Waals surface area contributed by atoms with Crippen LogP contribution in [0.4, 0.5) is 0 Å². The Labute approximate surface area is 120 Å². The van der Waals surface area contributed by atoms with E-state index in [1.807, 2.05) is 4.90 Å². The summed E-state index contributed by atoms with van der Waals surface area (Å²) in [4.78, 5) is 26.2. The van der Waals surface area contributed by atoms with E-state index in [1.165, 1.54) is 11.3 Å². The Morgan fingerprint density at radius 3 is 2.63 bits per heavy atom. The number of likely N-dealkylation sites (tertiary alicyclic amines) is 1. The maximum atomic E-state index is 12.3. The van der Waals surface area contributed by atoms with E-state index in [0.717, 1.165) is 32.5 Å². The molecule has 19 heavy (non-hydrogen) atoms. The van der Waals surface area contributed by atoms with Gasteiger partial charge in [0.15, 0.2) is 0 Å². The van der Waals surface area contributed by atoms with E-state index in [4.69, 9.17) is 11.6 Å². The van der Waals surface area contributed by atoms with Crippen molar-refractivity contribution in [3.63, 3.8) is 0 Å². The van der Waals surface area contributed by atoms with Gasteiger partial charge in [-0.2, -0.15) is 0 Å². The van der Waals surface area contributed by atoms with Crippen LogP contribution in [0.25, 0.3) is 0 Å². The zero-order valence-electron chi connectivity index (χ0n) is 10.4. The number of piperidine rings is 1. The van der Waals surface area contributed by atoms with Gasteiger partial charge in [0, 0.05) is 26.1 Å². The highest BCUT2D eigenvalue weighted by Crippen LogP contribution is 2.38. The minimum absolute atomic E-state index is 0.0593. The molecular formula is C13H15ClN2O2S. The summed E-state index contributed by atoms with van der Waals surface area (Å²) in [6.45, 7) is 2.21. The number of hydrogen-bond donors (Lipinski definition) is 1. The first-order valence-corrected chi connectivity index (χ1v) is 7.59. The SMILES string of the molecule is O=C1CC2(CCN(C(=O)c3ccc(Cl)s3)CC2)CN1. The standard InChI is InChI=1S/C13H15ClN2O2S/c14-10-2-1-9(19-10)12(18)16-5-3-13(4-6-16)7-11(17)15-8-13/h1-2H,3-8H2,(H,15,17). The normalized spacial score (nSPS) is 21.7. The summed E-state index contributed by atoms with van der Waals surface area (Å²) in [7, 11) is 0. The van der Waals surface area contributed by atoms with Crippen LogP contribution in [0.15, 0.2) is 12.1 Å². The Kier molecular flexibility index (Phi) is 3.27. The highest BCUT2D eigenvalue weighted by atomic mass is 35.5. The molecule has 1 aromatic heterocycles. The quantitative estimate of drug-likeness (QED) is 0.863. The van der Waals surface area contributed by atoms with Gasteiger partial charge in [0.1, 0.15) is 0 Å². The number of carbonyl (C=O) groups is 2. The van der Waals surface area contributed by atoms with Crippen molar-refractivity contribution >= 4 is 34.8 Å². The Morgan fingerprint density at radius 1 is 1.37 bits per heavy atom. The molecule has 0 radical (unpaired) electrons. The lowest BCUT2D eigenvalue weighted by molar-refractivity contribution is -0.119. The fourth-order valence-electron chi connectivity index (χ4n) is 2.87. The van der Waals surface area contributed by atoms with Gasteiger partial charge in [-0.05, 0) is 30.4 Å². The maximum Gasteiger partial charge on any atom is 0.263 e. The molecule has 0 aromatic carbocycles. The topological polar surface area (TPSA) is 49.4 Å². The zero-order valence-corrected chi connectivity index (χ0v) is 12.0. The van der Waals surface area contributed by atoms with Crippen molar-refractivity contribution in [3.05, 3.63) is 21.3 Å². The van der Waals surface area contributed by atoms with Crippen molar-refractivity contribution in [2.24, 2.45) is 5.41 Å². The van der Waals surface area contributed by atoms with Crippen LogP contribution < -0.4 is 5.32 Å². The minimum Gasteiger partial charge on any atom is -0.356 e. The Balaban J connectivity index is 1.64. The summed E-state index contributed by atoms with van der Waals surface area (Å²) in [5.41, 5.74) is 0.0843. The molecule has 1 spiro atoms. The van der Waals surface area contributed by atoms with Gasteiger partial charge in [0.05, 0.1) is 9.21 Å². The molecule has 0 bridgehead atoms. The van der Waals surface area contributed by atoms with Gasteiger partial charge in [0.25, 0.3) is 5.91 Å². The largest absolute Gasteiger partial charge is 0.356 e. The zero-order chi connectivity index (χ0) is 13.5. The molecule has 0 atom stereocenters. The molecule has 3 heterocycles. The summed E-state index contributed by atoms with van der Waals surface area (Å²) in [5, 5.41) is 2.90. The molecule has 102 valence electrons. The lowest BCUT2D eigenvalue weighted by atomic mass is 9.77. The van der Waals surface area contributed by atoms with E-state index < -0.39 is 0 Å². The molecule has 6 heteroatoms. The second-order valence-electron chi connectivity index (χ2n) is 5.35. The Bertz CT molecular complexity index is 520. The van der Waals surface area contributed by atoms with Gasteiger partial charge >= 0.3 is 0 Å². The van der Waals surface area contributed by atoms with Gasteiger partial charge in [0.2, 0.25) is 5.91 Å². The molecule has 1 aromatic rings. The summed E-state index contributed by atoms with van der Waals surface area (Å²) < 4.78 is 0.641. The number of amides is 2. The molecular weight excluding hydrogens is 284 g/mol. The lowest BCUT2D eigenvalue weighted by Crippen LogP contribution is -2.43. The van der Waals surface area contributed by atoms with Crippen molar-refractivity contribution in [3.8, 4) is 0 Å². The van der Waals surface area contributed by atoms with Gasteiger partial charge in [-0.1, -0.05) is 11.6 Å². The van der Waals surface area contributed by atoms with E-state index in [-0.39, 0.29) is 17.2 Å². The van der Waals surface area contributed by atoms with Gasteiger partial charge < -0.3 is 10.2 Å². The van der Waals surface area contributed by atoms with Crippen LogP contribution in [-0.2, 0) is 4.79 Å². The average molecular weight is 299 g/mol. The molecule has 1 N–H and O–H groups in total. The van der Waals surface area contributed by atoms with Crippen LogP contribution >= 0.6 is 22.9 Å². The van der Waals surface area contributed by atoms with Crippen LogP contribution in [0.2, 0.25) is 4.34 Å². The second-order valence-corrected chi connectivity index (χ2v) is 7.06. The van der Waals surface area contributed by atoms with Crippen LogP contribution in [0.3, 0.4) is 0 Å². The van der Waals surface area contributed by atoms with Crippen molar-refractivity contribution < 1.29 is 9.59 Å². The highest BCUT2D eigenvalue weighted by Gasteiger charge is 2.41. The van der Waals surface area contributed by atoms with Crippen molar-refractivity contribution in [2.75, 3.05) is 19.6 Å². The first-order chi connectivity index (χ1) is 9.08. The van der Waals surface area contributed by atoms with Gasteiger partial charge in [-0.3, -0.25) is 9.59 Å². The first-order valence-electron chi connectivity index (χ1n) is 6.39. The van der Waals surface area contributed by atoms with Crippen molar-refractivity contribution in [1.82, 2.24) is 10.2 Å². The van der Waals surface area contributed by atoms with E-state index in [9.17, 15) is 9.59 Å². The molecule has 4 nitrogen and oxygen atoms in total. The van der Waals surface area contributed by atoms with Crippen molar-refractivity contribution in [1.29, 1.82) is 0 Å². The Hall–Kier alpha value is -1.07. The molecule has 0 aliphatic carbocycles. The fraction of sp³-hybridized carbons (Fsp3) is 0.538. The molecule has 0 unspecified atom stereocenters. The molecule has 3 rings (SSSR count). The summed E-state index contributed by atoms with van der Waals surface area (Å²) in [5.74, 6) is 0.203. The number of rotatable bonds is 1. The monoisotopic (exact) mass is 298 g/mol. The smallest absolute Gasteiger partial charge is 0.263 e. The third-order valence-corrected chi connectivity index (χ3v) is 5.31. The Morgan fingerprint density at radius 2 is 2.11 bits per heavy atom. The molecule has 2 amide bonds. The number of nitrogens with one attached hydrogen (secondary N) is 1. The number of halogens is 1. The molecule has 2 aliphatic rings. The van der Waals surface area contributed by atoms with E-state index >= 15 is 0 Å². The number of carbonyl (C=O) groups excluding carboxylic acids is 2. The summed E-state index contributed by atoms with van der Waals surface area (Å²) >= 11 is 7.18. The summed E-state index contributed by atoms with van der Waals surface area (Å²) in [6, 6.07) is 3.53. The highest BCUT2D eigenvalue weighted by molar-refractivity contribution is 7.17. The number of thiophene rings is 1. The third kappa shape index (κ3) is 2.49. The summed E-state index contributed by atoms with van der Waals surface area (Å²) in [6.07, 6.45) is 2.41. The predicted octanol–water partition coefficient (Wildman–Crippen LogP) is 2.14. The predicted molar refractivity (Wildman–Crippen MR) is 74.5 cm³/mol. The van der Waals surface area contributed by atoms with E-state index in [2.05, 4.69) is 5.32 Å². The lowest BCUT2D eigenvalue weighted by Gasteiger charge is -2.38. The van der Waals surface area contributed by atoms with Crippen molar-refractivity contribution in [2.45, 2.75) is 19.3 Å². The third-order valence-electron chi connectivity index (χ3n) is 4.09. The van der Waals surface area contributed by atoms with Gasteiger partial charge in [-0.15, -0.1) is 11.3 Å². The first kappa shape index (κ1) is 12.9. The maximum absolute atomic E-state index is 12.3. The van der Waals surface area contributed by atoms with Crippen LogP contribution in [0, 0.1) is 5.41 Å². The molecule has 2 fully saturated rings. The van der Waals surface area contributed by atoms with Crippen LogP contribution in [0.5, 0.6) is 0 Å². The van der Waals surface area contributed by atoms with Crippen LogP contribution in [0.1, 0.15) is 28.9 Å². The molecule has 2 aliphatic heterocycles. The second kappa shape index (κ2) is 4.80. The minimum atomic E-state index is 0.0593. The van der Waals surface area contributed by atoms with Gasteiger partial charge in [-0.25, -0.2) is 0 Å². The fourth-order valence-corrected chi connectivity index (χ4v) is 3.89. The van der Waals surface area contributed by atoms with E-state index in [0.29, 0.717) is 15.6 Å². The number of hydrogen-bond acceptors (Lipinski definition) is 3.